The van der Waals surface area contributed by atoms with Crippen molar-refractivity contribution in [1.82, 2.24) is 10.9 Å². The molecule has 10 heteroatoms. The summed E-state index contributed by atoms with van der Waals surface area (Å²) >= 11 is 0. The first-order chi connectivity index (χ1) is 15.5. The van der Waals surface area contributed by atoms with Crippen LogP contribution < -0.4 is 25.1 Å². The van der Waals surface area contributed by atoms with Crippen molar-refractivity contribution in [2.45, 2.75) is 13.0 Å². The van der Waals surface area contributed by atoms with Crippen molar-refractivity contribution in [3.63, 3.8) is 0 Å². The van der Waals surface area contributed by atoms with Crippen molar-refractivity contribution >= 4 is 28.8 Å². The predicted molar refractivity (Wildman–Crippen MR) is 110 cm³/mol. The zero-order chi connectivity index (χ0) is 22.7. The lowest BCUT2D eigenvalue weighted by atomic mass is 10.1. The van der Waals surface area contributed by atoms with E-state index in [4.69, 9.17) is 23.4 Å². The molecule has 166 valence electrons. The Morgan fingerprint density at radius 1 is 1.09 bits per heavy atom. The minimum atomic E-state index is -0.942. The van der Waals surface area contributed by atoms with Gasteiger partial charge < -0.3 is 23.4 Å². The van der Waals surface area contributed by atoms with E-state index >= 15 is 0 Å². The smallest absolute Gasteiger partial charge is 0.375 e. The van der Waals surface area contributed by atoms with E-state index in [-0.39, 0.29) is 12.4 Å². The minimum absolute atomic E-state index is 0.0101. The molecule has 2 aromatic carbocycles. The molecule has 32 heavy (non-hydrogen) atoms. The Balaban J connectivity index is 1.28. The first kappa shape index (κ1) is 21.0. The van der Waals surface area contributed by atoms with Crippen molar-refractivity contribution in [3.8, 4) is 17.2 Å². The van der Waals surface area contributed by atoms with E-state index in [0.717, 1.165) is 0 Å². The molecule has 3 aromatic rings. The van der Waals surface area contributed by atoms with E-state index in [9.17, 15) is 14.4 Å². The second-order valence-corrected chi connectivity index (χ2v) is 6.90. The molecule has 0 radical (unpaired) electrons. The molecular formula is C22H20N2O8. The molecule has 1 aromatic heterocycles. The Labute approximate surface area is 182 Å². The largest absolute Gasteiger partial charge is 0.497 e. The summed E-state index contributed by atoms with van der Waals surface area (Å²) in [6, 6.07) is 12.0. The zero-order valence-electron chi connectivity index (χ0n) is 17.3. The molecule has 0 bridgehead atoms. The molecule has 0 fully saturated rings. The standard InChI is InChI=1S/C22H20N2O8/c1-12-14-9-13(28-2)7-8-15(14)32-20(12)22(27)30-11-19(25)23-24-21(26)18-10-29-16-5-3-4-6-17(16)31-18/h3-9,18H,10-11H2,1-2H3,(H,23,25)(H,24,26). The van der Waals surface area contributed by atoms with Crippen LogP contribution in [0.15, 0.2) is 46.9 Å². The maximum Gasteiger partial charge on any atom is 0.375 e. The average Bonchev–Trinajstić information content (AvgIpc) is 3.16. The Kier molecular flexibility index (Phi) is 5.84. The fraction of sp³-hybridized carbons (Fsp3) is 0.227. The third-order valence-electron chi connectivity index (χ3n) is 4.79. The number of ether oxygens (including phenoxy) is 4. The Hall–Kier alpha value is -4.21. The SMILES string of the molecule is COc1ccc2oc(C(=O)OCC(=O)NNC(=O)C3COc4ccccc4O3)c(C)c2c1. The number of hydrazine groups is 1. The van der Waals surface area contributed by atoms with Crippen LogP contribution in [-0.2, 0) is 14.3 Å². The number of methoxy groups -OCH3 is 1. The number of amides is 2. The van der Waals surface area contributed by atoms with Crippen LogP contribution >= 0.6 is 0 Å². The van der Waals surface area contributed by atoms with Gasteiger partial charge in [-0.1, -0.05) is 12.1 Å². The fourth-order valence-electron chi connectivity index (χ4n) is 3.11. The second kappa shape index (κ2) is 8.88. The van der Waals surface area contributed by atoms with Crippen LogP contribution in [0.2, 0.25) is 0 Å². The number of aryl methyl sites for hydroxylation is 1. The lowest BCUT2D eigenvalue weighted by molar-refractivity contribution is -0.135. The van der Waals surface area contributed by atoms with Crippen LogP contribution in [0, 0.1) is 6.92 Å². The van der Waals surface area contributed by atoms with E-state index in [2.05, 4.69) is 10.9 Å². The molecule has 0 saturated carbocycles. The van der Waals surface area contributed by atoms with Crippen LogP contribution in [0.5, 0.6) is 17.2 Å². The van der Waals surface area contributed by atoms with Gasteiger partial charge in [-0.05, 0) is 37.3 Å². The Morgan fingerprint density at radius 2 is 1.88 bits per heavy atom. The number of carbonyl (C=O) groups excluding carboxylic acids is 3. The summed E-state index contributed by atoms with van der Waals surface area (Å²) in [6.45, 7) is 1.07. The third kappa shape index (κ3) is 4.29. The van der Waals surface area contributed by atoms with Gasteiger partial charge in [0.15, 0.2) is 18.1 Å². The van der Waals surface area contributed by atoms with Crippen LogP contribution in [0.1, 0.15) is 16.1 Å². The summed E-state index contributed by atoms with van der Waals surface area (Å²) in [5.74, 6) is -0.589. The highest BCUT2D eigenvalue weighted by molar-refractivity contribution is 5.97. The van der Waals surface area contributed by atoms with Crippen LogP contribution in [0.3, 0.4) is 0 Å². The Bertz CT molecular complexity index is 1190. The van der Waals surface area contributed by atoms with E-state index < -0.39 is 30.5 Å². The first-order valence-electron chi connectivity index (χ1n) is 9.67. The van der Waals surface area contributed by atoms with E-state index in [1.165, 1.54) is 7.11 Å². The third-order valence-corrected chi connectivity index (χ3v) is 4.79. The van der Waals surface area contributed by atoms with Gasteiger partial charge in [0.05, 0.1) is 7.11 Å². The first-order valence-corrected chi connectivity index (χ1v) is 9.67. The highest BCUT2D eigenvalue weighted by Crippen LogP contribution is 2.31. The van der Waals surface area contributed by atoms with Crippen molar-refractivity contribution in [1.29, 1.82) is 0 Å². The monoisotopic (exact) mass is 440 g/mol. The van der Waals surface area contributed by atoms with Crippen LogP contribution in [0.4, 0.5) is 0 Å². The number of carbonyl (C=O) groups is 3. The van der Waals surface area contributed by atoms with Gasteiger partial charge in [-0.25, -0.2) is 4.79 Å². The van der Waals surface area contributed by atoms with Crippen molar-refractivity contribution in [2.75, 3.05) is 20.3 Å². The molecule has 1 unspecified atom stereocenters. The topological polar surface area (TPSA) is 125 Å². The normalized spacial score (nSPS) is 14.5. The zero-order valence-corrected chi connectivity index (χ0v) is 17.3. The number of furan rings is 1. The highest BCUT2D eigenvalue weighted by atomic mass is 16.6. The molecule has 2 heterocycles. The minimum Gasteiger partial charge on any atom is -0.497 e. The van der Waals surface area contributed by atoms with Gasteiger partial charge in [0.1, 0.15) is 17.9 Å². The highest BCUT2D eigenvalue weighted by Gasteiger charge is 2.27. The number of nitrogens with one attached hydrogen (secondary N) is 2. The second-order valence-electron chi connectivity index (χ2n) is 6.90. The van der Waals surface area contributed by atoms with E-state index in [1.807, 2.05) is 0 Å². The quantitative estimate of drug-likeness (QED) is 0.455. The number of esters is 1. The summed E-state index contributed by atoms with van der Waals surface area (Å²) in [6.07, 6.45) is -0.942. The molecule has 2 amide bonds. The number of rotatable bonds is 5. The number of hydrogen-bond donors (Lipinski definition) is 2. The molecule has 10 nitrogen and oxygen atoms in total. The van der Waals surface area contributed by atoms with Gasteiger partial charge in [-0.3, -0.25) is 20.4 Å². The lowest BCUT2D eigenvalue weighted by Crippen LogP contribution is -2.51. The van der Waals surface area contributed by atoms with Crippen molar-refractivity contribution in [2.24, 2.45) is 0 Å². The molecule has 4 rings (SSSR count). The van der Waals surface area contributed by atoms with Crippen LogP contribution in [0.25, 0.3) is 11.0 Å². The molecule has 0 saturated heterocycles. The Morgan fingerprint density at radius 3 is 2.66 bits per heavy atom. The summed E-state index contributed by atoms with van der Waals surface area (Å²) in [5, 5.41) is 0.698. The fourth-order valence-corrected chi connectivity index (χ4v) is 3.11. The maximum atomic E-state index is 12.3. The molecule has 0 spiro atoms. The number of hydrogen-bond acceptors (Lipinski definition) is 8. The van der Waals surface area contributed by atoms with E-state index in [1.54, 1.807) is 49.4 Å². The predicted octanol–water partition coefficient (Wildman–Crippen LogP) is 1.89. The van der Waals surface area contributed by atoms with Gasteiger partial charge in [0.2, 0.25) is 11.9 Å². The van der Waals surface area contributed by atoms with Gasteiger partial charge >= 0.3 is 5.97 Å². The summed E-state index contributed by atoms with van der Waals surface area (Å²) in [7, 11) is 1.54. The number of benzene rings is 2. The number of fused-ring (bicyclic) bond motifs is 2. The average molecular weight is 440 g/mol. The summed E-state index contributed by atoms with van der Waals surface area (Å²) < 4.78 is 26.7. The van der Waals surface area contributed by atoms with Gasteiger partial charge in [-0.15, -0.1) is 0 Å². The molecule has 1 aliphatic rings. The molecule has 1 atom stereocenters. The summed E-state index contributed by atoms with van der Waals surface area (Å²) in [5.41, 5.74) is 5.44. The lowest BCUT2D eigenvalue weighted by Gasteiger charge is -2.25. The summed E-state index contributed by atoms with van der Waals surface area (Å²) in [4.78, 5) is 36.5. The molecule has 1 aliphatic heterocycles. The van der Waals surface area contributed by atoms with Crippen molar-refractivity contribution < 1.29 is 37.7 Å². The van der Waals surface area contributed by atoms with E-state index in [0.29, 0.717) is 33.8 Å². The molecule has 2 N–H and O–H groups in total. The van der Waals surface area contributed by atoms with Crippen LogP contribution in [-0.4, -0.2) is 44.2 Å². The number of para-hydroxylation sites is 2. The van der Waals surface area contributed by atoms with Crippen molar-refractivity contribution in [3.05, 3.63) is 53.8 Å². The van der Waals surface area contributed by atoms with Gasteiger partial charge in [0.25, 0.3) is 11.8 Å². The molecule has 0 aliphatic carbocycles. The maximum absolute atomic E-state index is 12.3. The van der Waals surface area contributed by atoms with Gasteiger partial charge in [-0.2, -0.15) is 0 Å². The van der Waals surface area contributed by atoms with Gasteiger partial charge in [0, 0.05) is 10.9 Å². The molecular weight excluding hydrogens is 420 g/mol.